The van der Waals surface area contributed by atoms with Crippen molar-refractivity contribution in [2.45, 2.75) is 26.3 Å². The lowest BCUT2D eigenvalue weighted by Crippen LogP contribution is -2.31. The van der Waals surface area contributed by atoms with Gasteiger partial charge < -0.3 is 5.32 Å². The second-order valence-corrected chi connectivity index (χ2v) is 5.99. The standard InChI is InChI=1S/C12H18N2O3S/c1-4-9(2)13-12(15)10-6-5-7-11(8-10)14-18(3,16)17/h5-9,14H,4H2,1-3H3,(H,13,15)/t9-/m1/s1. The summed E-state index contributed by atoms with van der Waals surface area (Å²) in [5.41, 5.74) is 0.818. The third kappa shape index (κ3) is 4.75. The molecule has 6 heteroatoms. The van der Waals surface area contributed by atoms with Crippen LogP contribution in [-0.2, 0) is 10.0 Å². The molecule has 100 valence electrons. The van der Waals surface area contributed by atoms with Gasteiger partial charge in [-0.05, 0) is 31.5 Å². The topological polar surface area (TPSA) is 75.3 Å². The van der Waals surface area contributed by atoms with Crippen molar-refractivity contribution in [3.8, 4) is 0 Å². The minimum atomic E-state index is -3.33. The van der Waals surface area contributed by atoms with E-state index in [1.807, 2.05) is 13.8 Å². The number of benzene rings is 1. The molecule has 1 rings (SSSR count). The average molecular weight is 270 g/mol. The Balaban J connectivity index is 2.85. The van der Waals surface area contributed by atoms with Gasteiger partial charge in [0.2, 0.25) is 10.0 Å². The molecule has 18 heavy (non-hydrogen) atoms. The van der Waals surface area contributed by atoms with E-state index in [0.717, 1.165) is 12.7 Å². The van der Waals surface area contributed by atoms with Crippen LogP contribution in [0.2, 0.25) is 0 Å². The molecule has 1 aromatic carbocycles. The molecule has 0 spiro atoms. The Morgan fingerprint density at radius 1 is 1.39 bits per heavy atom. The molecule has 0 radical (unpaired) electrons. The Morgan fingerprint density at radius 2 is 2.06 bits per heavy atom. The molecular formula is C12H18N2O3S. The second-order valence-electron chi connectivity index (χ2n) is 4.24. The summed E-state index contributed by atoms with van der Waals surface area (Å²) in [6.45, 7) is 3.89. The molecule has 0 heterocycles. The van der Waals surface area contributed by atoms with Gasteiger partial charge in [-0.2, -0.15) is 0 Å². The molecule has 1 atom stereocenters. The summed E-state index contributed by atoms with van der Waals surface area (Å²) in [7, 11) is -3.33. The monoisotopic (exact) mass is 270 g/mol. The Bertz CT molecular complexity index is 526. The molecule has 0 saturated carbocycles. The third-order valence-electron chi connectivity index (χ3n) is 2.42. The lowest BCUT2D eigenvalue weighted by atomic mass is 10.1. The van der Waals surface area contributed by atoms with E-state index >= 15 is 0 Å². The van der Waals surface area contributed by atoms with Crippen LogP contribution in [0.25, 0.3) is 0 Å². The van der Waals surface area contributed by atoms with Crippen molar-refractivity contribution in [2.24, 2.45) is 0 Å². The zero-order valence-electron chi connectivity index (χ0n) is 10.7. The number of carbonyl (C=O) groups is 1. The van der Waals surface area contributed by atoms with Crippen LogP contribution in [0.1, 0.15) is 30.6 Å². The van der Waals surface area contributed by atoms with Gasteiger partial charge >= 0.3 is 0 Å². The number of nitrogens with one attached hydrogen (secondary N) is 2. The molecule has 0 aliphatic rings. The molecule has 0 unspecified atom stereocenters. The first-order chi connectivity index (χ1) is 8.31. The molecular weight excluding hydrogens is 252 g/mol. The van der Waals surface area contributed by atoms with Crippen LogP contribution < -0.4 is 10.0 Å². The highest BCUT2D eigenvalue weighted by molar-refractivity contribution is 7.92. The van der Waals surface area contributed by atoms with Gasteiger partial charge in [-0.15, -0.1) is 0 Å². The van der Waals surface area contributed by atoms with Crippen molar-refractivity contribution >= 4 is 21.6 Å². The summed E-state index contributed by atoms with van der Waals surface area (Å²) in [6, 6.07) is 6.48. The largest absolute Gasteiger partial charge is 0.350 e. The molecule has 1 amide bonds. The normalized spacial score (nSPS) is 12.8. The van der Waals surface area contributed by atoms with Gasteiger partial charge in [0.05, 0.1) is 6.26 Å². The van der Waals surface area contributed by atoms with Crippen LogP contribution in [0.3, 0.4) is 0 Å². The highest BCUT2D eigenvalue weighted by Crippen LogP contribution is 2.12. The van der Waals surface area contributed by atoms with E-state index in [0.29, 0.717) is 11.3 Å². The van der Waals surface area contributed by atoms with E-state index < -0.39 is 10.0 Å². The van der Waals surface area contributed by atoms with E-state index in [1.54, 1.807) is 18.2 Å². The number of anilines is 1. The third-order valence-corrected chi connectivity index (χ3v) is 3.02. The number of hydrogen-bond donors (Lipinski definition) is 2. The summed E-state index contributed by atoms with van der Waals surface area (Å²) < 4.78 is 24.5. The highest BCUT2D eigenvalue weighted by Gasteiger charge is 2.10. The van der Waals surface area contributed by atoms with E-state index in [4.69, 9.17) is 0 Å². The Labute approximate surface area is 108 Å². The van der Waals surface area contributed by atoms with Crippen molar-refractivity contribution < 1.29 is 13.2 Å². The number of carbonyl (C=O) groups excluding carboxylic acids is 1. The minimum Gasteiger partial charge on any atom is -0.350 e. The minimum absolute atomic E-state index is 0.0871. The van der Waals surface area contributed by atoms with E-state index in [9.17, 15) is 13.2 Å². The van der Waals surface area contributed by atoms with Crippen molar-refractivity contribution in [1.29, 1.82) is 0 Å². The molecule has 0 aliphatic heterocycles. The van der Waals surface area contributed by atoms with Gasteiger partial charge in [0.15, 0.2) is 0 Å². The highest BCUT2D eigenvalue weighted by atomic mass is 32.2. The SMILES string of the molecule is CC[C@@H](C)NC(=O)c1cccc(NS(C)(=O)=O)c1. The number of amides is 1. The van der Waals surface area contributed by atoms with E-state index in [-0.39, 0.29) is 11.9 Å². The maximum atomic E-state index is 11.8. The molecule has 5 nitrogen and oxygen atoms in total. The smallest absolute Gasteiger partial charge is 0.251 e. The maximum Gasteiger partial charge on any atom is 0.251 e. The van der Waals surface area contributed by atoms with E-state index in [2.05, 4.69) is 10.0 Å². The van der Waals surface area contributed by atoms with Gasteiger partial charge in [0.25, 0.3) is 5.91 Å². The molecule has 0 saturated heterocycles. The Hall–Kier alpha value is -1.56. The molecule has 0 aromatic heterocycles. The predicted molar refractivity (Wildman–Crippen MR) is 72.1 cm³/mol. The zero-order chi connectivity index (χ0) is 13.8. The first kappa shape index (κ1) is 14.5. The summed E-state index contributed by atoms with van der Waals surface area (Å²) in [4.78, 5) is 11.8. The van der Waals surface area contributed by atoms with Crippen LogP contribution in [0.15, 0.2) is 24.3 Å². The van der Waals surface area contributed by atoms with Crippen LogP contribution in [0, 0.1) is 0 Å². The number of hydrogen-bond acceptors (Lipinski definition) is 3. The Kier molecular flexibility index (Phi) is 4.72. The van der Waals surface area contributed by atoms with Crippen LogP contribution in [0.4, 0.5) is 5.69 Å². The predicted octanol–water partition coefficient (Wildman–Crippen LogP) is 1.59. The fraction of sp³-hybridized carbons (Fsp3) is 0.417. The van der Waals surface area contributed by atoms with Crippen LogP contribution in [0.5, 0.6) is 0 Å². The fourth-order valence-electron chi connectivity index (χ4n) is 1.35. The molecule has 0 fully saturated rings. The average Bonchev–Trinajstić information content (AvgIpc) is 2.26. The maximum absolute atomic E-state index is 11.8. The zero-order valence-corrected chi connectivity index (χ0v) is 11.5. The fourth-order valence-corrected chi connectivity index (χ4v) is 1.90. The van der Waals surface area contributed by atoms with Gasteiger partial charge in [-0.3, -0.25) is 9.52 Å². The first-order valence-corrected chi connectivity index (χ1v) is 7.59. The quantitative estimate of drug-likeness (QED) is 0.853. The second kappa shape index (κ2) is 5.86. The van der Waals surface area contributed by atoms with Crippen molar-refractivity contribution in [1.82, 2.24) is 5.32 Å². The van der Waals surface area contributed by atoms with Crippen molar-refractivity contribution in [2.75, 3.05) is 11.0 Å². The first-order valence-electron chi connectivity index (χ1n) is 5.70. The van der Waals surface area contributed by atoms with Crippen molar-refractivity contribution in [3.63, 3.8) is 0 Å². The van der Waals surface area contributed by atoms with Gasteiger partial charge in [0, 0.05) is 17.3 Å². The lowest BCUT2D eigenvalue weighted by Gasteiger charge is -2.12. The number of rotatable bonds is 5. The number of sulfonamides is 1. The molecule has 2 N–H and O–H groups in total. The van der Waals surface area contributed by atoms with E-state index in [1.165, 1.54) is 6.07 Å². The Morgan fingerprint density at radius 3 is 2.61 bits per heavy atom. The van der Waals surface area contributed by atoms with Gasteiger partial charge in [-0.25, -0.2) is 8.42 Å². The summed E-state index contributed by atoms with van der Waals surface area (Å²) >= 11 is 0. The molecule has 0 aliphatic carbocycles. The lowest BCUT2D eigenvalue weighted by molar-refractivity contribution is 0.0939. The summed E-state index contributed by atoms with van der Waals surface area (Å²) in [5, 5.41) is 2.82. The van der Waals surface area contributed by atoms with Gasteiger partial charge in [0.1, 0.15) is 0 Å². The summed E-state index contributed by atoms with van der Waals surface area (Å²) in [6.07, 6.45) is 1.91. The summed E-state index contributed by atoms with van der Waals surface area (Å²) in [5.74, 6) is -0.207. The van der Waals surface area contributed by atoms with Crippen LogP contribution in [-0.4, -0.2) is 26.6 Å². The molecule has 1 aromatic rings. The van der Waals surface area contributed by atoms with Crippen LogP contribution >= 0.6 is 0 Å². The van der Waals surface area contributed by atoms with Crippen molar-refractivity contribution in [3.05, 3.63) is 29.8 Å². The molecule has 0 bridgehead atoms. The van der Waals surface area contributed by atoms with Gasteiger partial charge in [-0.1, -0.05) is 13.0 Å².